The van der Waals surface area contributed by atoms with Gasteiger partial charge in [-0.25, -0.2) is 0 Å². The summed E-state index contributed by atoms with van der Waals surface area (Å²) in [5, 5.41) is 2.89. The third-order valence-electron chi connectivity index (χ3n) is 4.85. The van der Waals surface area contributed by atoms with Gasteiger partial charge in [-0.1, -0.05) is 25.1 Å². The zero-order valence-corrected chi connectivity index (χ0v) is 28.6. The summed E-state index contributed by atoms with van der Waals surface area (Å²) < 4.78 is 6.98. The molecule has 0 aromatic heterocycles. The zero-order chi connectivity index (χ0) is 28.7. The Balaban J connectivity index is 0.000000649. The number of hydrogen-bond acceptors (Lipinski definition) is 5. The van der Waals surface area contributed by atoms with E-state index in [1.807, 2.05) is 39.0 Å². The normalized spacial score (nSPS) is 10.6. The maximum Gasteiger partial charge on any atom is 0.306 e. The van der Waals surface area contributed by atoms with E-state index >= 15 is 0 Å². The van der Waals surface area contributed by atoms with Gasteiger partial charge < -0.3 is 19.9 Å². The van der Waals surface area contributed by atoms with E-state index in [-0.39, 0.29) is 29.3 Å². The van der Waals surface area contributed by atoms with Gasteiger partial charge >= 0.3 is 5.97 Å². The molecule has 2 aromatic carbocycles. The van der Waals surface area contributed by atoms with Gasteiger partial charge in [0.2, 0.25) is 11.8 Å². The van der Waals surface area contributed by atoms with Gasteiger partial charge in [0.05, 0.1) is 27.6 Å². The van der Waals surface area contributed by atoms with Crippen LogP contribution in [-0.2, 0) is 19.1 Å². The van der Waals surface area contributed by atoms with Crippen LogP contribution in [0.1, 0.15) is 58.3 Å². The minimum atomic E-state index is -0.326. The predicted octanol–water partition coefficient (Wildman–Crippen LogP) is 6.46. The molecule has 37 heavy (non-hydrogen) atoms. The number of carbonyl (C=O) groups excluding carboxylic acids is 4. The number of halogens is 3. The molecular weight excluding hydrogens is 815 g/mol. The lowest BCUT2D eigenvalue weighted by Gasteiger charge is -2.27. The standard InChI is InChI=1S/C19H18I3N3O3.C7H14O2/c1-10(26)24(3)17-14(20)13(19(28)23-12-8-6-5-7-9-12)15(21)18(16(17)22)25(4)11(2)27;1-5-6(8)9-7(2,3)4/h5-9H,1-4H3,(H,23,28);5H2,1-4H3. The molecule has 0 bridgehead atoms. The van der Waals surface area contributed by atoms with E-state index in [1.54, 1.807) is 33.2 Å². The van der Waals surface area contributed by atoms with E-state index in [2.05, 4.69) is 73.1 Å². The highest BCUT2D eigenvalue weighted by Gasteiger charge is 2.29. The Bertz CT molecular complexity index is 1120. The molecule has 0 aliphatic carbocycles. The molecule has 0 atom stereocenters. The van der Waals surface area contributed by atoms with Crippen molar-refractivity contribution in [3.8, 4) is 0 Å². The number of amides is 3. The van der Waals surface area contributed by atoms with E-state index < -0.39 is 0 Å². The van der Waals surface area contributed by atoms with Gasteiger partial charge in [-0.3, -0.25) is 19.2 Å². The second-order valence-electron chi connectivity index (χ2n) is 8.93. The number of anilines is 3. The summed E-state index contributed by atoms with van der Waals surface area (Å²) >= 11 is 6.30. The number of ether oxygens (including phenoxy) is 1. The van der Waals surface area contributed by atoms with E-state index in [1.165, 1.54) is 23.6 Å². The molecular formula is C26H32I3N3O5. The van der Waals surface area contributed by atoms with Crippen LogP contribution in [0.3, 0.4) is 0 Å². The molecule has 0 unspecified atom stereocenters. The summed E-state index contributed by atoms with van der Waals surface area (Å²) in [5.41, 5.74) is 1.98. The maximum atomic E-state index is 13.1. The Kier molecular flexibility index (Phi) is 13.2. The van der Waals surface area contributed by atoms with Crippen LogP contribution in [0.4, 0.5) is 17.1 Å². The monoisotopic (exact) mass is 847 g/mol. The average molecular weight is 847 g/mol. The molecule has 0 radical (unpaired) electrons. The third kappa shape index (κ3) is 9.64. The van der Waals surface area contributed by atoms with Gasteiger partial charge in [0.25, 0.3) is 5.91 Å². The Labute approximate surface area is 259 Å². The lowest BCUT2D eigenvalue weighted by Crippen LogP contribution is -2.31. The van der Waals surface area contributed by atoms with Crippen molar-refractivity contribution in [3.63, 3.8) is 0 Å². The quantitative estimate of drug-likeness (QED) is 0.276. The van der Waals surface area contributed by atoms with Crippen molar-refractivity contribution in [1.82, 2.24) is 0 Å². The first-order chi connectivity index (χ1) is 17.0. The summed E-state index contributed by atoms with van der Waals surface area (Å²) in [7, 11) is 3.32. The number of hydrogen-bond donors (Lipinski definition) is 1. The topological polar surface area (TPSA) is 96.0 Å². The molecule has 2 aromatic rings. The highest BCUT2D eigenvalue weighted by molar-refractivity contribution is 14.1. The summed E-state index contributed by atoms with van der Waals surface area (Å²) in [5.74, 6) is -0.763. The molecule has 0 heterocycles. The summed E-state index contributed by atoms with van der Waals surface area (Å²) in [6.07, 6.45) is 0.456. The Hall–Kier alpha value is -1.49. The molecule has 0 spiro atoms. The summed E-state index contributed by atoms with van der Waals surface area (Å²) in [6, 6.07) is 9.14. The number of benzene rings is 2. The van der Waals surface area contributed by atoms with Crippen molar-refractivity contribution in [2.45, 2.75) is 53.6 Å². The fraction of sp³-hybridized carbons (Fsp3) is 0.385. The highest BCUT2D eigenvalue weighted by Crippen LogP contribution is 2.42. The van der Waals surface area contributed by atoms with Gasteiger partial charge in [0.1, 0.15) is 5.60 Å². The van der Waals surface area contributed by atoms with Crippen molar-refractivity contribution in [3.05, 3.63) is 46.6 Å². The number of rotatable bonds is 5. The van der Waals surface area contributed by atoms with Gasteiger partial charge in [-0.2, -0.15) is 0 Å². The smallest absolute Gasteiger partial charge is 0.306 e. The first kappa shape index (κ1) is 33.5. The first-order valence-electron chi connectivity index (χ1n) is 11.3. The molecule has 202 valence electrons. The van der Waals surface area contributed by atoms with Crippen molar-refractivity contribution < 1.29 is 23.9 Å². The van der Waals surface area contributed by atoms with E-state index in [0.29, 0.717) is 36.2 Å². The average Bonchev–Trinajstić information content (AvgIpc) is 2.78. The second-order valence-corrected chi connectivity index (χ2v) is 12.2. The van der Waals surface area contributed by atoms with E-state index in [9.17, 15) is 19.2 Å². The van der Waals surface area contributed by atoms with Crippen LogP contribution in [0.5, 0.6) is 0 Å². The van der Waals surface area contributed by atoms with Crippen LogP contribution < -0.4 is 15.1 Å². The fourth-order valence-corrected chi connectivity index (χ4v) is 7.97. The molecule has 3 amide bonds. The van der Waals surface area contributed by atoms with Gasteiger partial charge in [-0.05, 0) is 101 Å². The van der Waals surface area contributed by atoms with Crippen molar-refractivity contribution >= 4 is 109 Å². The molecule has 0 saturated carbocycles. The molecule has 1 N–H and O–H groups in total. The summed E-state index contributed by atoms with van der Waals surface area (Å²) in [6.45, 7) is 10.3. The van der Waals surface area contributed by atoms with Crippen LogP contribution in [-0.4, -0.2) is 43.4 Å². The van der Waals surface area contributed by atoms with Crippen LogP contribution in [0.15, 0.2) is 30.3 Å². The summed E-state index contributed by atoms with van der Waals surface area (Å²) in [4.78, 5) is 50.8. The van der Waals surface area contributed by atoms with E-state index in [4.69, 9.17) is 4.74 Å². The third-order valence-corrected chi connectivity index (χ3v) is 7.98. The SMILES string of the molecule is CC(=O)N(C)c1c(I)c(C(=O)Nc2ccccc2)c(I)c(N(C)C(C)=O)c1I.CCC(=O)OC(C)(C)C. The molecule has 0 aliphatic rings. The molecule has 8 nitrogen and oxygen atoms in total. The zero-order valence-electron chi connectivity index (χ0n) is 22.2. The lowest BCUT2D eigenvalue weighted by molar-refractivity contribution is -0.154. The van der Waals surface area contributed by atoms with Crippen LogP contribution in [0.25, 0.3) is 0 Å². The van der Waals surface area contributed by atoms with Gasteiger partial charge in [0, 0.05) is 40.1 Å². The molecule has 0 aliphatic heterocycles. The van der Waals surface area contributed by atoms with Gasteiger partial charge in [0.15, 0.2) is 0 Å². The first-order valence-corrected chi connectivity index (χ1v) is 14.5. The molecule has 0 saturated heterocycles. The number of nitrogens with zero attached hydrogens (tertiary/aromatic N) is 2. The highest BCUT2D eigenvalue weighted by atomic mass is 127. The molecule has 2 rings (SSSR count). The van der Waals surface area contributed by atoms with Crippen molar-refractivity contribution in [1.29, 1.82) is 0 Å². The van der Waals surface area contributed by atoms with Crippen LogP contribution in [0, 0.1) is 10.7 Å². The van der Waals surface area contributed by atoms with Gasteiger partial charge in [-0.15, -0.1) is 0 Å². The molecule has 0 fully saturated rings. The maximum absolute atomic E-state index is 13.1. The van der Waals surface area contributed by atoms with Crippen LogP contribution >= 0.6 is 67.8 Å². The largest absolute Gasteiger partial charge is 0.460 e. The van der Waals surface area contributed by atoms with E-state index in [0.717, 1.165) is 3.57 Å². The lowest BCUT2D eigenvalue weighted by atomic mass is 10.1. The Morgan fingerprint density at radius 1 is 0.838 bits per heavy atom. The Morgan fingerprint density at radius 3 is 1.59 bits per heavy atom. The van der Waals surface area contributed by atoms with Crippen molar-refractivity contribution in [2.75, 3.05) is 29.2 Å². The number of para-hydroxylation sites is 1. The minimum Gasteiger partial charge on any atom is -0.460 e. The Morgan fingerprint density at radius 2 is 1.27 bits per heavy atom. The fourth-order valence-electron chi connectivity index (χ4n) is 2.87. The number of nitrogens with one attached hydrogen (secondary N) is 1. The van der Waals surface area contributed by atoms with Crippen LogP contribution in [0.2, 0.25) is 0 Å². The van der Waals surface area contributed by atoms with Crippen molar-refractivity contribution in [2.24, 2.45) is 0 Å². The molecule has 11 heteroatoms. The second kappa shape index (κ2) is 14.6. The number of carbonyl (C=O) groups is 4. The number of esters is 1. The predicted molar refractivity (Wildman–Crippen MR) is 173 cm³/mol. The minimum absolute atomic E-state index is 0.137.